The molecule has 0 aromatic rings. The Bertz CT molecular complexity index is 770. The molecule has 1 amide bonds. The van der Waals surface area contributed by atoms with Crippen LogP contribution >= 0.6 is 0 Å². The van der Waals surface area contributed by atoms with Crippen molar-refractivity contribution in [2.75, 3.05) is 12.5 Å². The van der Waals surface area contributed by atoms with Crippen LogP contribution in [0.25, 0.3) is 0 Å². The molecule has 6 atom stereocenters. The number of amides is 1. The summed E-state index contributed by atoms with van der Waals surface area (Å²) >= 11 is 0. The third kappa shape index (κ3) is 5.20. The minimum Gasteiger partial charge on any atom is -0.511 e. The van der Waals surface area contributed by atoms with Gasteiger partial charge in [-0.05, 0) is 30.6 Å². The Hall–Kier alpha value is -1.96. The number of aliphatic carboxylic acids is 1. The Balaban J connectivity index is 0.000000735. The number of hydrogen-bond acceptors (Lipinski definition) is 5. The van der Waals surface area contributed by atoms with Crippen molar-refractivity contribution in [3.05, 3.63) is 23.5 Å². The van der Waals surface area contributed by atoms with Gasteiger partial charge < -0.3 is 15.5 Å². The lowest BCUT2D eigenvalue weighted by atomic mass is 9.63. The van der Waals surface area contributed by atoms with Crippen LogP contribution in [0.1, 0.15) is 46.0 Å². The van der Waals surface area contributed by atoms with Gasteiger partial charge in [0.25, 0.3) is 5.91 Å². The molecule has 1 heterocycles. The Morgan fingerprint density at radius 1 is 1.20 bits per heavy atom. The number of hydrogen-bond donors (Lipinski definition) is 3. The average molecular weight is 440 g/mol. The van der Waals surface area contributed by atoms with Crippen LogP contribution in [0, 0.1) is 29.6 Å². The van der Waals surface area contributed by atoms with Crippen molar-refractivity contribution in [1.29, 1.82) is 0 Å². The van der Waals surface area contributed by atoms with Gasteiger partial charge >= 0.3 is 5.97 Å². The third-order valence-electron chi connectivity index (χ3n) is 6.40. The highest BCUT2D eigenvalue weighted by molar-refractivity contribution is 7.83. The second kappa shape index (κ2) is 10.4. The molecule has 3 rings (SSSR count). The van der Waals surface area contributed by atoms with E-state index in [1.165, 1.54) is 0 Å². The van der Waals surface area contributed by atoms with Gasteiger partial charge in [0.15, 0.2) is 5.78 Å². The van der Waals surface area contributed by atoms with Gasteiger partial charge in [-0.3, -0.25) is 18.6 Å². The Labute approximate surface area is 180 Å². The van der Waals surface area contributed by atoms with Crippen LogP contribution in [0.5, 0.6) is 0 Å². The van der Waals surface area contributed by atoms with Gasteiger partial charge in [0.1, 0.15) is 11.3 Å². The van der Waals surface area contributed by atoms with Gasteiger partial charge in [-0.25, -0.2) is 0 Å². The topological polar surface area (TPSA) is 121 Å². The SMILES string of the molecule is CC[C@H](C)[C@@H]1NC(=O)/C(=C(\O)[C@@H]2[C@H]3CCCC[C@H]3C=C[C@H]2C(=O)O)C1=O.CS(C)=O. The molecule has 1 aliphatic heterocycles. The number of ketones is 1. The van der Waals surface area contributed by atoms with Crippen molar-refractivity contribution in [3.63, 3.8) is 0 Å². The second-order valence-electron chi connectivity index (χ2n) is 8.59. The average Bonchev–Trinajstić information content (AvgIpc) is 2.99. The van der Waals surface area contributed by atoms with Gasteiger partial charge in [0.2, 0.25) is 0 Å². The van der Waals surface area contributed by atoms with E-state index in [0.717, 1.165) is 32.1 Å². The highest BCUT2D eigenvalue weighted by Crippen LogP contribution is 2.46. The van der Waals surface area contributed by atoms with E-state index >= 15 is 0 Å². The molecule has 30 heavy (non-hydrogen) atoms. The zero-order valence-corrected chi connectivity index (χ0v) is 18.9. The standard InChI is InChI=1S/C20H27NO5.C2H6OS/c1-3-10(2)16-18(23)15(19(24)21-16)17(22)14-12-7-5-4-6-11(12)8-9-13(14)20(25)26;1-4(2)3/h8-14,16,22H,3-7H2,1-2H3,(H,21,24)(H,25,26);1-2H3/b17-15-;/t10-,11-,12-,13+,14+,16-;/m0./s1. The van der Waals surface area contributed by atoms with Crippen molar-refractivity contribution in [1.82, 2.24) is 5.32 Å². The van der Waals surface area contributed by atoms with Gasteiger partial charge in [0.05, 0.1) is 12.0 Å². The van der Waals surface area contributed by atoms with Crippen LogP contribution in [0.3, 0.4) is 0 Å². The van der Waals surface area contributed by atoms with E-state index in [2.05, 4.69) is 5.32 Å². The summed E-state index contributed by atoms with van der Waals surface area (Å²) in [5.74, 6) is -3.88. The van der Waals surface area contributed by atoms with Gasteiger partial charge in [-0.1, -0.05) is 45.3 Å². The maximum atomic E-state index is 12.8. The smallest absolute Gasteiger partial charge is 0.311 e. The quantitative estimate of drug-likeness (QED) is 0.268. The molecule has 0 unspecified atom stereocenters. The van der Waals surface area contributed by atoms with Crippen molar-refractivity contribution in [3.8, 4) is 0 Å². The van der Waals surface area contributed by atoms with Crippen molar-refractivity contribution >= 4 is 28.5 Å². The summed E-state index contributed by atoms with van der Waals surface area (Å²) in [5.41, 5.74) is -0.230. The zero-order chi connectivity index (χ0) is 22.6. The van der Waals surface area contributed by atoms with Crippen LogP contribution < -0.4 is 5.32 Å². The van der Waals surface area contributed by atoms with Gasteiger partial charge in [0, 0.05) is 29.2 Å². The lowest BCUT2D eigenvalue weighted by Crippen LogP contribution is -2.39. The monoisotopic (exact) mass is 439 g/mol. The molecule has 2 aliphatic carbocycles. The van der Waals surface area contributed by atoms with E-state index in [4.69, 9.17) is 0 Å². The first-order valence-electron chi connectivity index (χ1n) is 10.5. The summed E-state index contributed by atoms with van der Waals surface area (Å²) in [5, 5.41) is 23.2. The van der Waals surface area contributed by atoms with E-state index in [0.29, 0.717) is 0 Å². The molecule has 0 aromatic carbocycles. The molecule has 2 fully saturated rings. The third-order valence-corrected chi connectivity index (χ3v) is 6.40. The maximum absolute atomic E-state index is 12.8. The molecule has 168 valence electrons. The molecule has 8 heteroatoms. The van der Waals surface area contributed by atoms with E-state index in [-0.39, 0.29) is 29.1 Å². The molecule has 3 aliphatic rings. The highest BCUT2D eigenvalue weighted by atomic mass is 32.2. The number of carbonyl (C=O) groups excluding carboxylic acids is 2. The molecule has 7 nitrogen and oxygen atoms in total. The number of Topliss-reactive ketones (excluding diaryl/α,β-unsaturated/α-hetero) is 1. The summed E-state index contributed by atoms with van der Waals surface area (Å²) in [7, 11) is -0.611. The molecule has 3 N–H and O–H groups in total. The molecule has 1 saturated heterocycles. The van der Waals surface area contributed by atoms with E-state index in [1.807, 2.05) is 19.9 Å². The number of aliphatic hydroxyl groups is 1. The normalized spacial score (nSPS) is 33.3. The van der Waals surface area contributed by atoms with Crippen LogP contribution in [0.2, 0.25) is 0 Å². The number of allylic oxidation sites excluding steroid dienone is 2. The molecule has 0 bridgehead atoms. The summed E-state index contributed by atoms with van der Waals surface area (Å²) in [6.07, 6.45) is 11.3. The predicted molar refractivity (Wildman–Crippen MR) is 115 cm³/mol. The predicted octanol–water partition coefficient (Wildman–Crippen LogP) is 2.60. The fraction of sp³-hybridized carbons (Fsp3) is 0.682. The van der Waals surface area contributed by atoms with E-state index in [9.17, 15) is 28.8 Å². The molecule has 0 aromatic heterocycles. The maximum Gasteiger partial charge on any atom is 0.311 e. The van der Waals surface area contributed by atoms with Crippen LogP contribution in [0.15, 0.2) is 23.5 Å². The second-order valence-corrected chi connectivity index (χ2v) is 10.1. The lowest BCUT2D eigenvalue weighted by molar-refractivity contribution is -0.143. The number of aliphatic hydroxyl groups excluding tert-OH is 1. The molecular formula is C22H33NO6S. The number of carboxylic acids is 1. The van der Waals surface area contributed by atoms with Gasteiger partial charge in [-0.2, -0.15) is 0 Å². The number of carbonyl (C=O) groups is 3. The van der Waals surface area contributed by atoms with Crippen molar-refractivity contribution in [2.45, 2.75) is 52.0 Å². The fourth-order valence-corrected chi connectivity index (χ4v) is 4.72. The van der Waals surface area contributed by atoms with Crippen molar-refractivity contribution < 1.29 is 28.8 Å². The van der Waals surface area contributed by atoms with Gasteiger partial charge in [-0.15, -0.1) is 0 Å². The van der Waals surface area contributed by atoms with E-state index < -0.39 is 46.3 Å². The summed E-state index contributed by atoms with van der Waals surface area (Å²) in [6, 6.07) is -0.644. The van der Waals surface area contributed by atoms with Crippen LogP contribution in [-0.4, -0.2) is 50.6 Å². The summed E-state index contributed by atoms with van der Waals surface area (Å²) in [6.45, 7) is 3.81. The summed E-state index contributed by atoms with van der Waals surface area (Å²) in [4.78, 5) is 37.0. The largest absolute Gasteiger partial charge is 0.511 e. The highest BCUT2D eigenvalue weighted by Gasteiger charge is 2.48. The Morgan fingerprint density at radius 3 is 2.37 bits per heavy atom. The lowest BCUT2D eigenvalue weighted by Gasteiger charge is -2.40. The number of rotatable bonds is 4. The van der Waals surface area contributed by atoms with Crippen LogP contribution in [0.4, 0.5) is 0 Å². The first-order valence-corrected chi connectivity index (χ1v) is 12.5. The first-order chi connectivity index (χ1) is 14.1. The van der Waals surface area contributed by atoms with Crippen molar-refractivity contribution in [2.24, 2.45) is 29.6 Å². The first kappa shape index (κ1) is 24.3. The van der Waals surface area contributed by atoms with E-state index in [1.54, 1.807) is 18.6 Å². The summed E-state index contributed by atoms with van der Waals surface area (Å²) < 4.78 is 9.56. The number of fused-ring (bicyclic) bond motifs is 1. The minimum absolute atomic E-state index is 0.0410. The fourth-order valence-electron chi connectivity index (χ4n) is 4.72. The minimum atomic E-state index is -1.04. The molecule has 0 spiro atoms. The Kier molecular flexibility index (Phi) is 8.41. The zero-order valence-electron chi connectivity index (χ0n) is 18.1. The molecule has 1 saturated carbocycles. The number of carboxylic acid groups (broad SMARTS) is 1. The number of nitrogens with one attached hydrogen (secondary N) is 1. The Morgan fingerprint density at radius 2 is 1.80 bits per heavy atom. The molecular weight excluding hydrogens is 406 g/mol. The van der Waals surface area contributed by atoms with Crippen LogP contribution in [-0.2, 0) is 25.2 Å². The molecule has 0 radical (unpaired) electrons.